The van der Waals surface area contributed by atoms with E-state index < -0.39 is 29.1 Å². The van der Waals surface area contributed by atoms with Gasteiger partial charge in [0.2, 0.25) is 5.82 Å². The second kappa shape index (κ2) is 42.9. The molecule has 24 heavy (non-hydrogen) atoms. The molecule has 0 heterocycles. The van der Waals surface area contributed by atoms with E-state index in [1.165, 1.54) is 0 Å². The van der Waals surface area contributed by atoms with Crippen LogP contribution in [-0.2, 0) is 20.1 Å². The van der Waals surface area contributed by atoms with E-state index >= 15 is 0 Å². The van der Waals surface area contributed by atoms with Crippen molar-refractivity contribution >= 4 is 50.5 Å². The van der Waals surface area contributed by atoms with E-state index in [1.807, 2.05) is 0 Å². The first kappa shape index (κ1) is 66.7. The number of halogens is 5. The van der Waals surface area contributed by atoms with E-state index in [4.69, 9.17) is 15.8 Å². The van der Waals surface area contributed by atoms with Crippen LogP contribution in [0.3, 0.4) is 0 Å². The van der Waals surface area contributed by atoms with Gasteiger partial charge >= 0.3 is 0 Å². The molecule has 3 nitrogen and oxygen atoms in total. The molecule has 15 heteroatoms. The van der Waals surface area contributed by atoms with Gasteiger partial charge in [-0.05, 0) is 0 Å². The summed E-state index contributed by atoms with van der Waals surface area (Å²) in [5, 5.41) is 19.5. The molecule has 0 amide bonds. The largest absolute Gasteiger partial charge is 0.204 e. The summed E-state index contributed by atoms with van der Waals surface area (Å²) in [7, 11) is 0. The van der Waals surface area contributed by atoms with Gasteiger partial charge < -0.3 is 0 Å². The van der Waals surface area contributed by atoms with Gasteiger partial charge in [0.15, 0.2) is 23.3 Å². The number of benzene rings is 1. The molecule has 1 aromatic carbocycles. The van der Waals surface area contributed by atoms with Crippen LogP contribution in [0.5, 0.6) is 0 Å². The van der Waals surface area contributed by atoms with Gasteiger partial charge in [0.1, 0.15) is 0 Å². The van der Waals surface area contributed by atoms with Crippen LogP contribution in [0.4, 0.5) is 22.0 Å². The number of nitriles is 3. The molecule has 0 fully saturated rings. The molecule has 0 aliphatic rings. The molecule has 0 saturated heterocycles. The van der Waals surface area contributed by atoms with E-state index in [1.54, 1.807) is 0 Å². The first-order valence-electron chi connectivity index (χ1n) is 3.30. The van der Waals surface area contributed by atoms with Gasteiger partial charge in [-0.15, -0.1) is 0 Å². The third kappa shape index (κ3) is 22.7. The third-order valence-electron chi connectivity index (χ3n) is 1.06. The van der Waals surface area contributed by atoms with Crippen LogP contribution in [0, 0.1) is 64.6 Å². The molecule has 0 saturated carbocycles. The summed E-state index contributed by atoms with van der Waals surface area (Å²) in [5.41, 5.74) is 0. The minimum Gasteiger partial charge on any atom is -0.204 e. The zero-order valence-electron chi connectivity index (χ0n) is 8.37. The SMILES string of the molecule is B.B.B.B.B.B.C#N.C#N.C#N.Fc1cc(F)c(F)c(F)c1F.[Ir]. The van der Waals surface area contributed by atoms with E-state index in [-0.39, 0.29) is 76.6 Å². The molecule has 1 aromatic rings. The van der Waals surface area contributed by atoms with Crippen molar-refractivity contribution in [2.45, 2.75) is 0 Å². The van der Waals surface area contributed by atoms with Gasteiger partial charge in [0, 0.05) is 45.9 Å². The predicted molar refractivity (Wildman–Crippen MR) is 106 cm³/mol. The third-order valence-corrected chi connectivity index (χ3v) is 1.06. The average Bonchev–Trinajstić information content (AvgIpc) is 2.41. The van der Waals surface area contributed by atoms with Crippen molar-refractivity contribution in [1.82, 2.24) is 0 Å². The van der Waals surface area contributed by atoms with E-state index in [0.717, 1.165) is 0 Å². The molecule has 0 bridgehead atoms. The summed E-state index contributed by atoms with van der Waals surface area (Å²) >= 11 is 0. The Balaban J connectivity index is -0.0000000172. The molecule has 0 spiro atoms. The fourth-order valence-corrected chi connectivity index (χ4v) is 0.544. The molecule has 0 aliphatic carbocycles. The Kier molecular flexibility index (Phi) is 119. The quantitative estimate of drug-likeness (QED) is 0.149. The smallest absolute Gasteiger partial charge is 0.200 e. The Bertz CT molecular complexity index is 396. The average molecular weight is 524 g/mol. The maximum absolute atomic E-state index is 12.0. The molecule has 0 unspecified atom stereocenters. The molecule has 0 atom stereocenters. The normalized spacial score (nSPS) is 4.96. The Labute approximate surface area is 163 Å². The van der Waals surface area contributed by atoms with Gasteiger partial charge in [-0.3, -0.25) is 0 Å². The monoisotopic (exact) mass is 526 g/mol. The number of hydrogen-bond acceptors (Lipinski definition) is 3. The summed E-state index contributed by atoms with van der Waals surface area (Å²) in [6.45, 7) is 10.5. The summed E-state index contributed by atoms with van der Waals surface area (Å²) in [6.07, 6.45) is 0. The Morgan fingerprint density at radius 1 is 0.500 bits per heavy atom. The maximum atomic E-state index is 12.0. The van der Waals surface area contributed by atoms with E-state index in [0.29, 0.717) is 0 Å². The van der Waals surface area contributed by atoms with Crippen molar-refractivity contribution in [2.75, 3.05) is 0 Å². The summed E-state index contributed by atoms with van der Waals surface area (Å²) in [6, 6.07) is -0.0618. The second-order valence-electron chi connectivity index (χ2n) is 1.78. The summed E-state index contributed by atoms with van der Waals surface area (Å²) < 4.78 is 60.0. The van der Waals surface area contributed by atoms with Crippen LogP contribution in [-0.4, -0.2) is 50.5 Å². The maximum Gasteiger partial charge on any atom is 0.200 e. The Hall–Kier alpha value is -1.62. The van der Waals surface area contributed by atoms with Crippen molar-refractivity contribution in [3.05, 3.63) is 35.2 Å². The molecule has 0 aliphatic heterocycles. The van der Waals surface area contributed by atoms with E-state index in [9.17, 15) is 22.0 Å². The predicted octanol–water partition coefficient (Wildman–Crippen LogP) is -4.30. The molecule has 0 aromatic heterocycles. The number of rotatable bonds is 0. The zero-order chi connectivity index (χ0) is 14.6. The van der Waals surface area contributed by atoms with Crippen molar-refractivity contribution in [3.8, 4) is 19.7 Å². The fraction of sp³-hybridized carbons (Fsp3) is 0. The molecule has 1 rings (SSSR count). The van der Waals surface area contributed by atoms with Crippen LogP contribution in [0.25, 0.3) is 0 Å². The van der Waals surface area contributed by atoms with Crippen LogP contribution in [0.2, 0.25) is 0 Å². The van der Waals surface area contributed by atoms with Crippen LogP contribution in [0.15, 0.2) is 6.07 Å². The minimum atomic E-state index is -2.14. The van der Waals surface area contributed by atoms with Gasteiger partial charge in [0.25, 0.3) is 0 Å². The van der Waals surface area contributed by atoms with Crippen molar-refractivity contribution < 1.29 is 42.1 Å². The van der Waals surface area contributed by atoms with Gasteiger partial charge in [-0.25, -0.2) is 37.7 Å². The molecule has 0 N–H and O–H groups in total. The van der Waals surface area contributed by atoms with Gasteiger partial charge in [-0.2, -0.15) is 0 Å². The molecule has 1 radical (unpaired) electrons. The Morgan fingerprint density at radius 2 is 0.667 bits per heavy atom. The Morgan fingerprint density at radius 3 is 0.833 bits per heavy atom. The van der Waals surface area contributed by atoms with Crippen molar-refractivity contribution in [3.63, 3.8) is 0 Å². The number of hydrogen-bond donors (Lipinski definition) is 0. The molecular weight excluding hydrogens is 502 g/mol. The summed E-state index contributed by atoms with van der Waals surface area (Å²) in [5.74, 6) is -9.65. The minimum absolute atomic E-state index is 0. The topological polar surface area (TPSA) is 71.4 Å². The first-order valence-corrected chi connectivity index (χ1v) is 3.30. The van der Waals surface area contributed by atoms with Crippen LogP contribution in [0.1, 0.15) is 0 Å². The zero-order valence-corrected chi connectivity index (χ0v) is 10.8. The molecular formula is C9H22B6F5IrN3. The first-order chi connectivity index (χ1) is 8.04. The molecule has 135 valence electrons. The van der Waals surface area contributed by atoms with E-state index in [2.05, 4.69) is 19.7 Å². The fourth-order valence-electron chi connectivity index (χ4n) is 0.544. The van der Waals surface area contributed by atoms with Gasteiger partial charge in [0.05, 0.1) is 50.5 Å². The van der Waals surface area contributed by atoms with Crippen LogP contribution >= 0.6 is 0 Å². The van der Waals surface area contributed by atoms with Crippen molar-refractivity contribution in [2.24, 2.45) is 0 Å². The second-order valence-corrected chi connectivity index (χ2v) is 1.78. The van der Waals surface area contributed by atoms with Crippen molar-refractivity contribution in [1.29, 1.82) is 15.8 Å². The number of nitrogens with zero attached hydrogens (tertiary/aromatic N) is 3. The standard InChI is InChI=1S/C6HF5.3CHN.6BH3.Ir/c7-2-1-3(8)5(10)6(11)4(2)9;3*1-2;;;;;;;/h1H;3*1H;6*1H3;. The summed E-state index contributed by atoms with van der Waals surface area (Å²) in [4.78, 5) is 0. The van der Waals surface area contributed by atoms with Crippen LogP contribution < -0.4 is 0 Å². The van der Waals surface area contributed by atoms with Gasteiger partial charge in [-0.1, -0.05) is 0 Å².